The van der Waals surface area contributed by atoms with Gasteiger partial charge < -0.3 is 25.2 Å². The molecule has 0 aliphatic rings. The predicted octanol–water partition coefficient (Wildman–Crippen LogP) is 3.41. The number of carbonyl (C=O) groups is 1. The van der Waals surface area contributed by atoms with Crippen LogP contribution in [0.15, 0.2) is 24.3 Å². The van der Waals surface area contributed by atoms with Gasteiger partial charge >= 0.3 is 0 Å². The van der Waals surface area contributed by atoms with Gasteiger partial charge in [0.15, 0.2) is 0 Å². The first-order valence-corrected chi connectivity index (χ1v) is 11.0. The molecule has 0 heterocycles. The van der Waals surface area contributed by atoms with Crippen molar-refractivity contribution in [1.29, 1.82) is 0 Å². The van der Waals surface area contributed by atoms with E-state index in [1.165, 1.54) is 38.5 Å². The SMILES string of the molecule is CCCCC/C=C\C/C=C\CCCCCCCC(O)CC(O)C(O)CC(=O)[O-]. The fourth-order valence-electron chi connectivity index (χ4n) is 3.05. The van der Waals surface area contributed by atoms with Gasteiger partial charge in [0.25, 0.3) is 0 Å². The van der Waals surface area contributed by atoms with Gasteiger partial charge in [-0.15, -0.1) is 0 Å². The summed E-state index contributed by atoms with van der Waals surface area (Å²) in [7, 11) is 0. The molecule has 0 fully saturated rings. The number of carboxylic acids is 1. The average molecular weight is 398 g/mol. The molecule has 3 atom stereocenters. The monoisotopic (exact) mass is 397 g/mol. The van der Waals surface area contributed by atoms with E-state index in [2.05, 4.69) is 31.2 Å². The molecule has 28 heavy (non-hydrogen) atoms. The highest BCUT2D eigenvalue weighted by molar-refractivity contribution is 5.64. The molecule has 5 nitrogen and oxygen atoms in total. The quantitative estimate of drug-likeness (QED) is 0.229. The molecule has 5 heteroatoms. The van der Waals surface area contributed by atoms with Crippen LogP contribution in [0.4, 0.5) is 0 Å². The minimum Gasteiger partial charge on any atom is -0.550 e. The Labute approximate surface area is 171 Å². The Morgan fingerprint density at radius 1 is 0.821 bits per heavy atom. The molecule has 0 aliphatic heterocycles. The van der Waals surface area contributed by atoms with E-state index in [1.54, 1.807) is 0 Å². The molecule has 0 aromatic rings. The third-order valence-electron chi connectivity index (χ3n) is 4.82. The Balaban J connectivity index is 3.49. The largest absolute Gasteiger partial charge is 0.550 e. The summed E-state index contributed by atoms with van der Waals surface area (Å²) in [5.74, 6) is -1.41. The summed E-state index contributed by atoms with van der Waals surface area (Å²) < 4.78 is 0. The molecular weight excluding hydrogens is 356 g/mol. The fourth-order valence-corrected chi connectivity index (χ4v) is 3.05. The highest BCUT2D eigenvalue weighted by Gasteiger charge is 2.19. The highest BCUT2D eigenvalue weighted by atomic mass is 16.4. The number of hydrogen-bond donors (Lipinski definition) is 3. The van der Waals surface area contributed by atoms with Crippen molar-refractivity contribution in [2.45, 2.75) is 115 Å². The highest BCUT2D eigenvalue weighted by Crippen LogP contribution is 2.14. The smallest absolute Gasteiger partial charge is 0.0852 e. The maximum Gasteiger partial charge on any atom is 0.0852 e. The summed E-state index contributed by atoms with van der Waals surface area (Å²) >= 11 is 0. The summed E-state index contributed by atoms with van der Waals surface area (Å²) in [5.41, 5.74) is 0. The standard InChI is InChI=1S/C23H42O5/c1-2-3-4-5-6-7-8-9-10-11-12-13-14-15-16-17-20(24)18-21(25)22(26)19-23(27)28/h6-7,9-10,20-22,24-26H,2-5,8,11-19H2,1H3,(H,27,28)/p-1/b7-6-,10-9-. The van der Waals surface area contributed by atoms with Crippen molar-refractivity contribution >= 4 is 5.97 Å². The third-order valence-corrected chi connectivity index (χ3v) is 4.82. The van der Waals surface area contributed by atoms with Gasteiger partial charge in [-0.2, -0.15) is 0 Å². The molecule has 3 unspecified atom stereocenters. The van der Waals surface area contributed by atoms with Crippen LogP contribution < -0.4 is 5.11 Å². The van der Waals surface area contributed by atoms with Crippen LogP contribution in [0.2, 0.25) is 0 Å². The second-order valence-electron chi connectivity index (χ2n) is 7.62. The van der Waals surface area contributed by atoms with E-state index in [9.17, 15) is 25.2 Å². The minimum atomic E-state index is -1.41. The zero-order chi connectivity index (χ0) is 21.0. The van der Waals surface area contributed by atoms with Crippen LogP contribution in [0, 0.1) is 0 Å². The van der Waals surface area contributed by atoms with Gasteiger partial charge in [-0.3, -0.25) is 0 Å². The molecule has 0 radical (unpaired) electrons. The maximum absolute atomic E-state index is 10.4. The van der Waals surface area contributed by atoms with Gasteiger partial charge in [-0.1, -0.05) is 69.8 Å². The molecule has 0 aliphatic carbocycles. The number of aliphatic carboxylic acids is 1. The lowest BCUT2D eigenvalue weighted by molar-refractivity contribution is -0.308. The third kappa shape index (κ3) is 18.2. The number of carbonyl (C=O) groups excluding carboxylic acids is 1. The summed E-state index contributed by atoms with van der Waals surface area (Å²) in [6.45, 7) is 2.22. The first-order valence-electron chi connectivity index (χ1n) is 11.0. The first-order chi connectivity index (χ1) is 13.5. The van der Waals surface area contributed by atoms with Crippen LogP contribution in [0.1, 0.15) is 96.8 Å². The number of allylic oxidation sites excluding steroid dienone is 4. The number of aliphatic hydroxyl groups excluding tert-OH is 3. The molecule has 0 aromatic carbocycles. The minimum absolute atomic E-state index is 0.00765. The molecule has 0 saturated heterocycles. The van der Waals surface area contributed by atoms with E-state index >= 15 is 0 Å². The Bertz CT molecular complexity index is 419. The number of rotatable bonds is 19. The molecule has 0 spiro atoms. The number of unbranched alkanes of at least 4 members (excludes halogenated alkanes) is 8. The van der Waals surface area contributed by atoms with Crippen molar-refractivity contribution in [3.63, 3.8) is 0 Å². The molecule has 3 N–H and O–H groups in total. The Hall–Kier alpha value is -1.17. The number of aliphatic hydroxyl groups is 3. The molecule has 0 bridgehead atoms. The van der Waals surface area contributed by atoms with Gasteiger partial charge in [0.05, 0.1) is 18.3 Å². The fraction of sp³-hybridized carbons (Fsp3) is 0.783. The Morgan fingerprint density at radius 2 is 1.39 bits per heavy atom. The predicted molar refractivity (Wildman–Crippen MR) is 112 cm³/mol. The first kappa shape index (κ1) is 26.8. The van der Waals surface area contributed by atoms with Crippen molar-refractivity contribution in [1.82, 2.24) is 0 Å². The van der Waals surface area contributed by atoms with Crippen LogP contribution in [0.25, 0.3) is 0 Å². The van der Waals surface area contributed by atoms with Gasteiger partial charge in [0.1, 0.15) is 0 Å². The van der Waals surface area contributed by atoms with Crippen molar-refractivity contribution in [2.24, 2.45) is 0 Å². The van der Waals surface area contributed by atoms with Crippen LogP contribution >= 0.6 is 0 Å². The average Bonchev–Trinajstić information content (AvgIpc) is 2.64. The number of hydrogen-bond acceptors (Lipinski definition) is 5. The molecule has 164 valence electrons. The van der Waals surface area contributed by atoms with Crippen LogP contribution in [-0.2, 0) is 4.79 Å². The van der Waals surface area contributed by atoms with Gasteiger partial charge in [0.2, 0.25) is 0 Å². The molecular formula is C23H41O5-. The van der Waals surface area contributed by atoms with Crippen molar-refractivity contribution in [2.75, 3.05) is 0 Å². The molecule has 0 aromatic heterocycles. The van der Waals surface area contributed by atoms with Crippen LogP contribution in [0.3, 0.4) is 0 Å². The zero-order valence-corrected chi connectivity index (χ0v) is 17.6. The van der Waals surface area contributed by atoms with Crippen LogP contribution in [0.5, 0.6) is 0 Å². The number of carboxylic acid groups (broad SMARTS) is 1. The zero-order valence-electron chi connectivity index (χ0n) is 17.6. The molecule has 0 saturated carbocycles. The molecule has 0 amide bonds. The van der Waals surface area contributed by atoms with E-state index in [0.717, 1.165) is 32.1 Å². The van der Waals surface area contributed by atoms with Crippen molar-refractivity contribution in [3.8, 4) is 0 Å². The van der Waals surface area contributed by atoms with Crippen molar-refractivity contribution < 1.29 is 25.2 Å². The maximum atomic E-state index is 10.4. The summed E-state index contributed by atoms with van der Waals surface area (Å²) in [6, 6.07) is 0. The van der Waals surface area contributed by atoms with Gasteiger partial charge in [-0.05, 0) is 38.5 Å². The van der Waals surface area contributed by atoms with Crippen LogP contribution in [-0.4, -0.2) is 39.6 Å². The summed E-state index contributed by atoms with van der Waals surface area (Å²) in [5, 5.41) is 39.3. The normalized spacial score (nSPS) is 15.3. The topological polar surface area (TPSA) is 101 Å². The summed E-state index contributed by atoms with van der Waals surface area (Å²) in [6.07, 6.45) is 18.1. The lowest BCUT2D eigenvalue weighted by Gasteiger charge is -2.21. The summed E-state index contributed by atoms with van der Waals surface area (Å²) in [4.78, 5) is 10.4. The van der Waals surface area contributed by atoms with Crippen molar-refractivity contribution in [3.05, 3.63) is 24.3 Å². The lowest BCUT2D eigenvalue weighted by atomic mass is 10.00. The second-order valence-corrected chi connectivity index (χ2v) is 7.62. The van der Waals surface area contributed by atoms with E-state index in [4.69, 9.17) is 0 Å². The van der Waals surface area contributed by atoms with E-state index in [-0.39, 0.29) is 6.42 Å². The Morgan fingerprint density at radius 3 is 2.00 bits per heavy atom. The van der Waals surface area contributed by atoms with E-state index in [1.807, 2.05) is 0 Å². The van der Waals surface area contributed by atoms with E-state index in [0.29, 0.717) is 6.42 Å². The second kappa shape index (κ2) is 19.2. The molecule has 0 rings (SSSR count). The van der Waals surface area contributed by atoms with Gasteiger partial charge in [0, 0.05) is 18.8 Å². The lowest BCUT2D eigenvalue weighted by Crippen LogP contribution is -2.36. The Kier molecular flexibility index (Phi) is 18.4. The van der Waals surface area contributed by atoms with Gasteiger partial charge in [-0.25, -0.2) is 0 Å². The van der Waals surface area contributed by atoms with E-state index < -0.39 is 30.7 Å².